The van der Waals surface area contributed by atoms with E-state index in [4.69, 9.17) is 10.5 Å². The first-order valence-electron chi connectivity index (χ1n) is 8.40. The number of allylic oxidation sites excluding steroid dienone is 2. The molecule has 0 aliphatic carbocycles. The van der Waals surface area contributed by atoms with Crippen LogP contribution in [0.3, 0.4) is 0 Å². The fourth-order valence-corrected chi connectivity index (χ4v) is 4.05. The Morgan fingerprint density at radius 2 is 1.93 bits per heavy atom. The highest BCUT2D eigenvalue weighted by Crippen LogP contribution is 2.53. The van der Waals surface area contributed by atoms with E-state index >= 15 is 0 Å². The van der Waals surface area contributed by atoms with Gasteiger partial charge in [-0.05, 0) is 12.5 Å². The summed E-state index contributed by atoms with van der Waals surface area (Å²) in [6.45, 7) is 1.40. The van der Waals surface area contributed by atoms with E-state index < -0.39 is 35.3 Å². The van der Waals surface area contributed by atoms with Gasteiger partial charge in [0.05, 0.1) is 19.2 Å². The number of hydrogen-bond acceptors (Lipinski definition) is 6. The molecule has 2 N–H and O–H groups in total. The van der Waals surface area contributed by atoms with E-state index in [0.29, 0.717) is 11.1 Å². The van der Waals surface area contributed by atoms with E-state index in [-0.39, 0.29) is 5.78 Å². The second kappa shape index (κ2) is 6.72. The maximum absolute atomic E-state index is 12.8. The number of rotatable bonds is 4. The highest BCUT2D eigenvalue weighted by molar-refractivity contribution is 5.97. The molecule has 0 unspecified atom stereocenters. The number of carbonyl (C=O) groups is 3. The smallest absolute Gasteiger partial charge is 0.329 e. The SMILES string of the molecule is COC(=O)[C@]1(C#N)[C@H](c2ccccc2)[C@H](C(N)=O)N2C=C(C(C)=O)C=C[C@@H]21. The van der Waals surface area contributed by atoms with E-state index in [1.807, 2.05) is 0 Å². The Balaban J connectivity index is 2.29. The largest absolute Gasteiger partial charge is 0.468 e. The van der Waals surface area contributed by atoms with Crippen molar-refractivity contribution in [2.24, 2.45) is 11.1 Å². The van der Waals surface area contributed by atoms with Crippen molar-refractivity contribution >= 4 is 17.7 Å². The summed E-state index contributed by atoms with van der Waals surface area (Å²) in [6.07, 6.45) is 4.65. The third-order valence-corrected chi connectivity index (χ3v) is 5.23. The molecule has 138 valence electrons. The van der Waals surface area contributed by atoms with Crippen LogP contribution in [0.5, 0.6) is 0 Å². The molecule has 4 atom stereocenters. The predicted octanol–water partition coefficient (Wildman–Crippen LogP) is 1.03. The number of nitrogens with two attached hydrogens (primary N) is 1. The van der Waals surface area contributed by atoms with Crippen LogP contribution in [0.1, 0.15) is 18.4 Å². The minimum absolute atomic E-state index is 0.197. The van der Waals surface area contributed by atoms with E-state index in [0.717, 1.165) is 0 Å². The van der Waals surface area contributed by atoms with Gasteiger partial charge in [-0.2, -0.15) is 5.26 Å². The summed E-state index contributed by atoms with van der Waals surface area (Å²) in [6, 6.07) is 9.14. The van der Waals surface area contributed by atoms with Gasteiger partial charge in [-0.25, -0.2) is 0 Å². The van der Waals surface area contributed by atoms with Crippen molar-refractivity contribution in [3.63, 3.8) is 0 Å². The number of benzene rings is 1. The van der Waals surface area contributed by atoms with Crippen LogP contribution in [-0.2, 0) is 19.1 Å². The van der Waals surface area contributed by atoms with Crippen LogP contribution in [0, 0.1) is 16.7 Å². The van der Waals surface area contributed by atoms with Crippen molar-refractivity contribution in [3.8, 4) is 6.07 Å². The number of nitrogens with zero attached hydrogens (tertiary/aromatic N) is 2. The summed E-state index contributed by atoms with van der Waals surface area (Å²) in [5.41, 5.74) is 4.98. The molecule has 1 amide bonds. The Morgan fingerprint density at radius 1 is 1.26 bits per heavy atom. The van der Waals surface area contributed by atoms with Gasteiger partial charge < -0.3 is 15.4 Å². The standard InChI is InChI=1S/C20H19N3O4/c1-12(24)14-8-9-15-20(11-21,19(26)27-2)16(13-6-4-3-5-7-13)17(18(22)25)23(15)10-14/h3-10,15-17H,1-2H3,(H2,22,25)/t15-,16-,17-,20+/m1/s1. The zero-order chi connectivity index (χ0) is 19.8. The monoisotopic (exact) mass is 365 g/mol. The van der Waals surface area contributed by atoms with Crippen LogP contribution in [0.2, 0.25) is 0 Å². The number of nitriles is 1. The van der Waals surface area contributed by atoms with Crippen LogP contribution >= 0.6 is 0 Å². The summed E-state index contributed by atoms with van der Waals surface area (Å²) in [4.78, 5) is 38.6. The lowest BCUT2D eigenvalue weighted by molar-refractivity contribution is -0.150. The third-order valence-electron chi connectivity index (χ3n) is 5.23. The second-order valence-corrected chi connectivity index (χ2v) is 6.60. The molecule has 1 saturated heterocycles. The molecular formula is C20H19N3O4. The number of amides is 1. The molecule has 1 aromatic carbocycles. The summed E-state index contributed by atoms with van der Waals surface area (Å²) in [5.74, 6) is -2.49. The molecule has 3 rings (SSSR count). The number of Topliss-reactive ketones (excluding diaryl/α,β-unsaturated/α-hetero) is 1. The summed E-state index contributed by atoms with van der Waals surface area (Å²) in [7, 11) is 1.20. The van der Waals surface area contributed by atoms with Crippen molar-refractivity contribution in [1.82, 2.24) is 4.90 Å². The minimum Gasteiger partial charge on any atom is -0.468 e. The lowest BCUT2D eigenvalue weighted by Gasteiger charge is -2.32. The Labute approximate surface area is 156 Å². The van der Waals surface area contributed by atoms with Gasteiger partial charge in [0.25, 0.3) is 0 Å². The topological polar surface area (TPSA) is 113 Å². The molecular weight excluding hydrogens is 346 g/mol. The van der Waals surface area contributed by atoms with Crippen molar-refractivity contribution in [2.75, 3.05) is 7.11 Å². The fraction of sp³-hybridized carbons (Fsp3) is 0.300. The maximum atomic E-state index is 12.8. The number of fused-ring (bicyclic) bond motifs is 1. The average molecular weight is 365 g/mol. The highest BCUT2D eigenvalue weighted by atomic mass is 16.5. The quantitative estimate of drug-likeness (QED) is 0.798. The maximum Gasteiger partial charge on any atom is 0.329 e. The third kappa shape index (κ3) is 2.61. The van der Waals surface area contributed by atoms with Gasteiger partial charge in [-0.1, -0.05) is 42.5 Å². The molecule has 27 heavy (non-hydrogen) atoms. The number of hydrogen-bond donors (Lipinski definition) is 1. The lowest BCUT2D eigenvalue weighted by Crippen LogP contribution is -2.45. The molecule has 7 nitrogen and oxygen atoms in total. The number of ketones is 1. The number of primary amides is 1. The molecule has 0 spiro atoms. The molecule has 2 aliphatic rings. The Bertz CT molecular complexity index is 900. The number of carbonyl (C=O) groups excluding carboxylic acids is 3. The Kier molecular flexibility index (Phi) is 4.58. The van der Waals surface area contributed by atoms with Crippen LogP contribution in [0.15, 0.2) is 54.3 Å². The number of ether oxygens (including phenoxy) is 1. The first kappa shape index (κ1) is 18.4. The first-order valence-corrected chi connectivity index (χ1v) is 8.40. The Morgan fingerprint density at radius 3 is 2.44 bits per heavy atom. The molecule has 0 bridgehead atoms. The molecule has 1 fully saturated rings. The average Bonchev–Trinajstić information content (AvgIpc) is 2.98. The van der Waals surface area contributed by atoms with Gasteiger partial charge >= 0.3 is 5.97 Å². The molecule has 0 radical (unpaired) electrons. The van der Waals surface area contributed by atoms with Crippen molar-refractivity contribution < 1.29 is 19.1 Å². The van der Waals surface area contributed by atoms with Crippen molar-refractivity contribution in [1.29, 1.82) is 5.26 Å². The zero-order valence-corrected chi connectivity index (χ0v) is 15.0. The highest BCUT2D eigenvalue weighted by Gasteiger charge is 2.66. The lowest BCUT2D eigenvalue weighted by atomic mass is 9.69. The first-order chi connectivity index (χ1) is 12.9. The summed E-state index contributed by atoms with van der Waals surface area (Å²) in [5, 5.41) is 10.1. The van der Waals surface area contributed by atoms with E-state index in [2.05, 4.69) is 6.07 Å². The molecule has 1 aromatic rings. The molecule has 7 heteroatoms. The van der Waals surface area contributed by atoms with Gasteiger partial charge in [0.15, 0.2) is 11.2 Å². The van der Waals surface area contributed by atoms with Crippen LogP contribution in [-0.4, -0.2) is 41.8 Å². The second-order valence-electron chi connectivity index (χ2n) is 6.60. The van der Waals surface area contributed by atoms with Crippen molar-refractivity contribution in [3.05, 3.63) is 59.8 Å². The summed E-state index contributed by atoms with van der Waals surface area (Å²) < 4.78 is 4.97. The van der Waals surface area contributed by atoms with Crippen LogP contribution in [0.4, 0.5) is 0 Å². The fourth-order valence-electron chi connectivity index (χ4n) is 4.05. The molecule has 2 heterocycles. The molecule has 2 aliphatic heterocycles. The van der Waals surface area contributed by atoms with E-state index in [1.54, 1.807) is 42.5 Å². The predicted molar refractivity (Wildman–Crippen MR) is 95.8 cm³/mol. The van der Waals surface area contributed by atoms with Gasteiger partial charge in [-0.3, -0.25) is 14.4 Å². The normalized spacial score (nSPS) is 28.7. The van der Waals surface area contributed by atoms with Gasteiger partial charge in [0, 0.05) is 17.7 Å². The van der Waals surface area contributed by atoms with E-state index in [9.17, 15) is 19.6 Å². The van der Waals surface area contributed by atoms with E-state index in [1.165, 1.54) is 25.1 Å². The molecule has 0 aromatic heterocycles. The summed E-state index contributed by atoms with van der Waals surface area (Å²) >= 11 is 0. The van der Waals surface area contributed by atoms with Crippen molar-refractivity contribution in [2.45, 2.75) is 24.9 Å². The van der Waals surface area contributed by atoms with Gasteiger partial charge in [0.2, 0.25) is 5.91 Å². The van der Waals surface area contributed by atoms with Crippen LogP contribution in [0.25, 0.3) is 0 Å². The number of esters is 1. The zero-order valence-electron chi connectivity index (χ0n) is 15.0. The molecule has 0 saturated carbocycles. The van der Waals surface area contributed by atoms with Crippen LogP contribution < -0.4 is 5.73 Å². The Hall–Kier alpha value is -3.40. The van der Waals surface area contributed by atoms with Gasteiger partial charge in [0.1, 0.15) is 6.04 Å². The minimum atomic E-state index is -1.69. The number of methoxy groups -OCH3 is 1. The van der Waals surface area contributed by atoms with Gasteiger partial charge in [-0.15, -0.1) is 0 Å².